The van der Waals surface area contributed by atoms with Crippen molar-refractivity contribution in [1.29, 1.82) is 0 Å². The molecule has 0 aromatic carbocycles. The summed E-state index contributed by atoms with van der Waals surface area (Å²) < 4.78 is 18.1. The minimum absolute atomic E-state index is 0.200. The number of nitrogens with zero attached hydrogens (tertiary/aromatic N) is 1. The number of hydrogen-bond acceptors (Lipinski definition) is 5. The lowest BCUT2D eigenvalue weighted by atomic mass is 10.1. The number of ether oxygens (including phenoxy) is 3. The molecule has 0 aliphatic carbocycles. The second kappa shape index (κ2) is 8.10. The first-order chi connectivity index (χ1) is 10.6. The quantitative estimate of drug-likeness (QED) is 0.466. The Balaban J connectivity index is 2.28. The third-order valence-electron chi connectivity index (χ3n) is 3.43. The molecular formula is C14H21ClN2O4S. The Kier molecular flexibility index (Phi) is 6.43. The van der Waals surface area contributed by atoms with Crippen LogP contribution in [0.2, 0.25) is 0 Å². The first-order valence-electron chi connectivity index (χ1n) is 7.46. The van der Waals surface area contributed by atoms with Crippen molar-refractivity contribution in [2.24, 2.45) is 0 Å². The van der Waals surface area contributed by atoms with Gasteiger partial charge in [-0.2, -0.15) is 0 Å². The number of halogens is 1. The lowest BCUT2D eigenvalue weighted by molar-refractivity contribution is 0.00780. The molecule has 8 heteroatoms. The summed E-state index contributed by atoms with van der Waals surface area (Å²) in [6, 6.07) is 0. The first-order valence-corrected chi connectivity index (χ1v) is 8.31. The number of H-pyrrole nitrogens is 1. The number of nitrogens with one attached hydrogen (secondary N) is 1. The Labute approximate surface area is 139 Å². The molecule has 1 aromatic rings. The van der Waals surface area contributed by atoms with Gasteiger partial charge in [0.2, 0.25) is 5.75 Å². The van der Waals surface area contributed by atoms with E-state index in [1.165, 1.54) is 0 Å². The van der Waals surface area contributed by atoms with E-state index in [2.05, 4.69) is 12.0 Å². The van der Waals surface area contributed by atoms with E-state index in [0.717, 1.165) is 25.1 Å². The molecule has 1 N–H and O–H groups in total. The lowest BCUT2D eigenvalue weighted by Gasteiger charge is -2.13. The average Bonchev–Trinajstić information content (AvgIpc) is 3.01. The molecule has 6 nitrogen and oxygen atoms in total. The molecule has 2 atom stereocenters. The summed E-state index contributed by atoms with van der Waals surface area (Å²) in [5.74, 6) is -1.14. The number of aryl methyl sites for hydroxylation is 1. The van der Waals surface area contributed by atoms with E-state index < -0.39 is 11.7 Å². The molecule has 0 spiro atoms. The van der Waals surface area contributed by atoms with Gasteiger partial charge in [0.05, 0.1) is 25.0 Å². The van der Waals surface area contributed by atoms with Gasteiger partial charge in [0, 0.05) is 13.0 Å². The van der Waals surface area contributed by atoms with Crippen LogP contribution < -0.4 is 0 Å². The molecule has 0 saturated carbocycles. The molecule has 0 radical (unpaired) electrons. The Bertz CT molecular complexity index is 572. The monoisotopic (exact) mass is 348 g/mol. The molecule has 1 saturated heterocycles. The Hall–Kier alpha value is -0.890. The summed E-state index contributed by atoms with van der Waals surface area (Å²) in [6.45, 7) is 5.33. The number of unbranched alkanes of at least 4 members (excludes halogenated alkanes) is 1. The maximum atomic E-state index is 12.2. The smallest absolute Gasteiger partial charge is 0.343 e. The number of rotatable bonds is 7. The molecule has 1 aliphatic heterocycles. The molecule has 0 amide bonds. The van der Waals surface area contributed by atoms with E-state index in [4.69, 9.17) is 38.0 Å². The van der Waals surface area contributed by atoms with Crippen LogP contribution in [0.5, 0.6) is 0 Å². The van der Waals surface area contributed by atoms with Crippen LogP contribution in [0.4, 0.5) is 0 Å². The second-order valence-electron chi connectivity index (χ2n) is 5.06. The molecule has 1 aromatic heterocycles. The number of alkyl halides is 1. The maximum absolute atomic E-state index is 12.2. The van der Waals surface area contributed by atoms with Crippen LogP contribution in [-0.2, 0) is 27.2 Å². The Morgan fingerprint density at radius 1 is 1.55 bits per heavy atom. The summed E-state index contributed by atoms with van der Waals surface area (Å²) in [5.41, 5.74) is 1.20. The summed E-state index contributed by atoms with van der Waals surface area (Å²) in [7, 11) is 0. The van der Waals surface area contributed by atoms with Gasteiger partial charge >= 0.3 is 5.97 Å². The highest BCUT2D eigenvalue weighted by molar-refractivity contribution is 7.71. The van der Waals surface area contributed by atoms with Crippen molar-refractivity contribution in [2.75, 3.05) is 13.2 Å². The SMILES string of the molecule is CCCCn1[nH]c(=S)c(C(=O)OCC)c1CC1COC(Cl)O1. The highest BCUT2D eigenvalue weighted by Gasteiger charge is 2.29. The Morgan fingerprint density at radius 3 is 2.91 bits per heavy atom. The third-order valence-corrected chi connectivity index (χ3v) is 3.95. The minimum Gasteiger partial charge on any atom is -0.462 e. The molecule has 1 fully saturated rings. The summed E-state index contributed by atoms with van der Waals surface area (Å²) in [5, 5.41) is 3.07. The summed E-state index contributed by atoms with van der Waals surface area (Å²) >= 11 is 11.1. The number of carbonyl (C=O) groups excluding carboxylic acids is 1. The lowest BCUT2D eigenvalue weighted by Crippen LogP contribution is -2.20. The van der Waals surface area contributed by atoms with Crippen LogP contribution >= 0.6 is 23.8 Å². The number of aromatic amines is 1. The van der Waals surface area contributed by atoms with Gasteiger partial charge in [0.1, 0.15) is 10.2 Å². The van der Waals surface area contributed by atoms with Gasteiger partial charge in [0.15, 0.2) is 0 Å². The first kappa shape index (κ1) is 17.5. The van der Waals surface area contributed by atoms with Crippen molar-refractivity contribution >= 4 is 29.8 Å². The van der Waals surface area contributed by atoms with Gasteiger partial charge in [-0.05, 0) is 13.3 Å². The van der Waals surface area contributed by atoms with Crippen molar-refractivity contribution in [3.8, 4) is 0 Å². The van der Waals surface area contributed by atoms with Gasteiger partial charge in [-0.25, -0.2) is 4.79 Å². The average molecular weight is 349 g/mol. The van der Waals surface area contributed by atoms with Crippen molar-refractivity contribution < 1.29 is 19.0 Å². The third kappa shape index (κ3) is 4.10. The zero-order valence-corrected chi connectivity index (χ0v) is 14.3. The van der Waals surface area contributed by atoms with E-state index >= 15 is 0 Å². The van der Waals surface area contributed by atoms with Gasteiger partial charge in [-0.1, -0.05) is 37.2 Å². The molecule has 2 heterocycles. The van der Waals surface area contributed by atoms with Crippen molar-refractivity contribution in [3.63, 3.8) is 0 Å². The fourth-order valence-corrected chi connectivity index (χ4v) is 2.91. The standard InChI is InChI=1S/C14H21ClN2O4S/c1-3-5-6-17-10(7-9-8-20-14(15)21-9)11(12(22)16-17)13(18)19-4-2/h9,14H,3-8H2,1-2H3,(H,16,22). The fraction of sp³-hybridized carbons (Fsp3) is 0.714. The summed E-state index contributed by atoms with van der Waals surface area (Å²) in [4.78, 5) is 12.2. The van der Waals surface area contributed by atoms with Crippen LogP contribution in [0.3, 0.4) is 0 Å². The van der Waals surface area contributed by atoms with Crippen LogP contribution in [0, 0.1) is 4.64 Å². The van der Waals surface area contributed by atoms with Crippen molar-refractivity contribution in [1.82, 2.24) is 9.78 Å². The van der Waals surface area contributed by atoms with E-state index in [9.17, 15) is 4.79 Å². The van der Waals surface area contributed by atoms with E-state index in [1.807, 2.05) is 4.68 Å². The molecule has 2 rings (SSSR count). The van der Waals surface area contributed by atoms with Crippen molar-refractivity contribution in [3.05, 3.63) is 15.9 Å². The number of hydrogen-bond donors (Lipinski definition) is 1. The summed E-state index contributed by atoms with van der Waals surface area (Å²) in [6.07, 6.45) is 2.32. The van der Waals surface area contributed by atoms with Crippen LogP contribution in [0.1, 0.15) is 42.7 Å². The second-order valence-corrected chi connectivity index (χ2v) is 5.82. The highest BCUT2D eigenvalue weighted by atomic mass is 35.5. The van der Waals surface area contributed by atoms with Gasteiger partial charge in [-0.3, -0.25) is 9.78 Å². The zero-order chi connectivity index (χ0) is 16.1. The molecule has 1 aliphatic rings. The van der Waals surface area contributed by atoms with E-state index in [1.54, 1.807) is 6.92 Å². The largest absolute Gasteiger partial charge is 0.462 e. The Morgan fingerprint density at radius 2 is 2.32 bits per heavy atom. The predicted octanol–water partition coefficient (Wildman–Crippen LogP) is 3.00. The normalized spacial score (nSPS) is 21.2. The zero-order valence-electron chi connectivity index (χ0n) is 12.8. The molecule has 22 heavy (non-hydrogen) atoms. The number of esters is 1. The van der Waals surface area contributed by atoms with Gasteiger partial charge in [0.25, 0.3) is 0 Å². The number of carbonyl (C=O) groups is 1. The van der Waals surface area contributed by atoms with Crippen LogP contribution in [0.25, 0.3) is 0 Å². The van der Waals surface area contributed by atoms with E-state index in [0.29, 0.717) is 29.8 Å². The molecule has 124 valence electrons. The fourth-order valence-electron chi connectivity index (χ4n) is 2.38. The predicted molar refractivity (Wildman–Crippen MR) is 84.7 cm³/mol. The molecular weight excluding hydrogens is 328 g/mol. The van der Waals surface area contributed by atoms with Gasteiger partial charge in [-0.15, -0.1) is 0 Å². The highest BCUT2D eigenvalue weighted by Crippen LogP contribution is 2.22. The maximum Gasteiger partial charge on any atom is 0.343 e. The topological polar surface area (TPSA) is 65.5 Å². The van der Waals surface area contributed by atoms with Gasteiger partial charge < -0.3 is 14.2 Å². The molecule has 2 unspecified atom stereocenters. The number of aromatic nitrogens is 2. The van der Waals surface area contributed by atoms with Crippen molar-refractivity contribution in [2.45, 2.75) is 51.5 Å². The van der Waals surface area contributed by atoms with Crippen LogP contribution in [0.15, 0.2) is 0 Å². The minimum atomic E-state index is -0.734. The van der Waals surface area contributed by atoms with Crippen LogP contribution in [-0.4, -0.2) is 40.8 Å². The van der Waals surface area contributed by atoms with E-state index in [-0.39, 0.29) is 6.10 Å². The molecule has 0 bridgehead atoms.